The first kappa shape index (κ1) is 17.0. The van der Waals surface area contributed by atoms with Crippen LogP contribution in [0.25, 0.3) is 11.1 Å². The second-order valence-corrected chi connectivity index (χ2v) is 5.58. The van der Waals surface area contributed by atoms with Gasteiger partial charge >= 0.3 is 11.9 Å². The Hall–Kier alpha value is -3.80. The van der Waals surface area contributed by atoms with Gasteiger partial charge in [-0.3, -0.25) is 0 Å². The molecule has 6 heteroatoms. The molecule has 0 bridgehead atoms. The third-order valence-electron chi connectivity index (χ3n) is 3.87. The van der Waals surface area contributed by atoms with E-state index in [4.69, 9.17) is 21.3 Å². The average molecular weight is 348 g/mol. The van der Waals surface area contributed by atoms with Gasteiger partial charge in [-0.25, -0.2) is 9.59 Å². The van der Waals surface area contributed by atoms with Crippen molar-refractivity contribution in [2.45, 2.75) is 0 Å². The Labute approximate surface area is 149 Å². The lowest BCUT2D eigenvalue weighted by molar-refractivity contribution is 0.0692. The predicted molar refractivity (Wildman–Crippen MR) is 99.1 cm³/mol. The zero-order chi connectivity index (χ0) is 18.7. The van der Waals surface area contributed by atoms with Gasteiger partial charge in [-0.2, -0.15) is 0 Å². The summed E-state index contributed by atoms with van der Waals surface area (Å²) in [6.07, 6.45) is 0. The maximum atomic E-state index is 12.4. The first-order valence-corrected chi connectivity index (χ1v) is 7.76. The smallest absolute Gasteiger partial charge is 0.343 e. The van der Waals surface area contributed by atoms with E-state index in [1.807, 2.05) is 30.3 Å². The summed E-state index contributed by atoms with van der Waals surface area (Å²) in [5.74, 6) is -1.42. The number of benzene rings is 3. The summed E-state index contributed by atoms with van der Waals surface area (Å²) in [4.78, 5) is 23.3. The molecule has 0 saturated carbocycles. The number of carboxylic acids is 1. The summed E-state index contributed by atoms with van der Waals surface area (Å²) >= 11 is 0. The summed E-state index contributed by atoms with van der Waals surface area (Å²) in [6, 6.07) is 17.8. The fraction of sp³-hybridized carbons (Fsp3) is 0. The number of hydrogen-bond donors (Lipinski definition) is 3. The largest absolute Gasteiger partial charge is 0.478 e. The van der Waals surface area contributed by atoms with E-state index < -0.39 is 11.9 Å². The van der Waals surface area contributed by atoms with E-state index in [9.17, 15) is 9.59 Å². The number of rotatable bonds is 4. The monoisotopic (exact) mass is 348 g/mol. The first-order valence-electron chi connectivity index (χ1n) is 7.76. The van der Waals surface area contributed by atoms with Gasteiger partial charge in [-0.1, -0.05) is 30.3 Å². The van der Waals surface area contributed by atoms with Gasteiger partial charge < -0.3 is 21.3 Å². The number of ether oxygens (including phenoxy) is 1. The highest BCUT2D eigenvalue weighted by Gasteiger charge is 2.17. The lowest BCUT2D eigenvalue weighted by Crippen LogP contribution is -2.11. The van der Waals surface area contributed by atoms with E-state index in [2.05, 4.69) is 0 Å². The average Bonchev–Trinajstić information content (AvgIpc) is 2.65. The van der Waals surface area contributed by atoms with Crippen molar-refractivity contribution in [3.05, 3.63) is 77.9 Å². The summed E-state index contributed by atoms with van der Waals surface area (Å²) in [5.41, 5.74) is 14.3. The van der Waals surface area contributed by atoms with Gasteiger partial charge in [0.15, 0.2) is 0 Å². The molecule has 26 heavy (non-hydrogen) atoms. The first-order chi connectivity index (χ1) is 12.5. The van der Waals surface area contributed by atoms with E-state index in [0.29, 0.717) is 16.9 Å². The van der Waals surface area contributed by atoms with Crippen LogP contribution in [-0.2, 0) is 0 Å². The standard InChI is InChI=1S/C20H16N2O4/c21-15-10-11-16(17(18(15)22)12-4-2-1-3-5-12)26-20(25)14-8-6-13(7-9-14)19(23)24/h1-11H,21-22H2,(H,23,24). The molecule has 0 heterocycles. The number of nitrogens with two attached hydrogens (primary N) is 2. The SMILES string of the molecule is Nc1ccc(OC(=O)c2ccc(C(=O)O)cc2)c(-c2ccccc2)c1N. The van der Waals surface area contributed by atoms with Gasteiger partial charge in [0.05, 0.1) is 22.5 Å². The van der Waals surface area contributed by atoms with Crippen LogP contribution in [0.1, 0.15) is 20.7 Å². The fourth-order valence-electron chi connectivity index (χ4n) is 2.51. The van der Waals surface area contributed by atoms with Crippen LogP contribution in [-0.4, -0.2) is 17.0 Å². The Morgan fingerprint density at radius 3 is 2.04 bits per heavy atom. The lowest BCUT2D eigenvalue weighted by atomic mass is 10.0. The topological polar surface area (TPSA) is 116 Å². The molecule has 6 nitrogen and oxygen atoms in total. The molecule has 0 spiro atoms. The highest BCUT2D eigenvalue weighted by atomic mass is 16.5. The highest BCUT2D eigenvalue weighted by molar-refractivity contribution is 5.96. The van der Waals surface area contributed by atoms with E-state index in [1.165, 1.54) is 24.3 Å². The normalized spacial score (nSPS) is 10.3. The third-order valence-corrected chi connectivity index (χ3v) is 3.87. The molecule has 3 aromatic rings. The molecular weight excluding hydrogens is 332 g/mol. The molecule has 3 rings (SSSR count). The van der Waals surface area contributed by atoms with Gasteiger partial charge in [0.2, 0.25) is 0 Å². The zero-order valence-corrected chi connectivity index (χ0v) is 13.7. The van der Waals surface area contributed by atoms with Gasteiger partial charge in [0.1, 0.15) is 5.75 Å². The van der Waals surface area contributed by atoms with Crippen molar-refractivity contribution in [3.63, 3.8) is 0 Å². The van der Waals surface area contributed by atoms with Crippen LogP contribution in [0.2, 0.25) is 0 Å². The minimum absolute atomic E-state index is 0.0863. The maximum absolute atomic E-state index is 12.4. The van der Waals surface area contributed by atoms with Gasteiger partial charge in [-0.05, 0) is 42.0 Å². The molecule has 0 aromatic heterocycles. The maximum Gasteiger partial charge on any atom is 0.343 e. The van der Waals surface area contributed by atoms with Crippen molar-refractivity contribution in [3.8, 4) is 16.9 Å². The van der Waals surface area contributed by atoms with Crippen LogP contribution in [0, 0.1) is 0 Å². The quantitative estimate of drug-likeness (QED) is 0.378. The molecule has 0 fully saturated rings. The number of esters is 1. The zero-order valence-electron chi connectivity index (χ0n) is 13.7. The molecule has 0 saturated heterocycles. The van der Waals surface area contributed by atoms with Crippen LogP contribution < -0.4 is 16.2 Å². The van der Waals surface area contributed by atoms with Gasteiger partial charge in [-0.15, -0.1) is 0 Å². The minimum Gasteiger partial charge on any atom is -0.478 e. The van der Waals surface area contributed by atoms with Crippen molar-refractivity contribution in [2.75, 3.05) is 11.5 Å². The van der Waals surface area contributed by atoms with Crippen molar-refractivity contribution >= 4 is 23.3 Å². The summed E-state index contributed by atoms with van der Waals surface area (Å²) in [5, 5.41) is 8.93. The van der Waals surface area contributed by atoms with Crippen LogP contribution in [0.3, 0.4) is 0 Å². The Morgan fingerprint density at radius 2 is 1.42 bits per heavy atom. The van der Waals surface area contributed by atoms with Crippen LogP contribution in [0.4, 0.5) is 11.4 Å². The highest BCUT2D eigenvalue weighted by Crippen LogP contribution is 2.38. The minimum atomic E-state index is -1.07. The summed E-state index contributed by atoms with van der Waals surface area (Å²) in [7, 11) is 0. The van der Waals surface area contributed by atoms with E-state index in [0.717, 1.165) is 5.56 Å². The summed E-state index contributed by atoms with van der Waals surface area (Å²) < 4.78 is 5.50. The molecule has 0 unspecified atom stereocenters. The predicted octanol–water partition coefficient (Wildman–Crippen LogP) is 3.44. The van der Waals surface area contributed by atoms with Crippen molar-refractivity contribution in [2.24, 2.45) is 0 Å². The molecular formula is C20H16N2O4. The van der Waals surface area contributed by atoms with Crippen LogP contribution in [0.15, 0.2) is 66.7 Å². The number of carbonyl (C=O) groups is 2. The number of carbonyl (C=O) groups excluding carboxylic acids is 1. The fourth-order valence-corrected chi connectivity index (χ4v) is 2.51. The van der Waals surface area contributed by atoms with Gasteiger partial charge in [0.25, 0.3) is 0 Å². The number of carboxylic acid groups (broad SMARTS) is 1. The molecule has 0 aliphatic carbocycles. The summed E-state index contributed by atoms with van der Waals surface area (Å²) in [6.45, 7) is 0. The molecule has 0 aliphatic heterocycles. The Morgan fingerprint density at radius 1 is 0.808 bits per heavy atom. The van der Waals surface area contributed by atoms with Crippen molar-refractivity contribution < 1.29 is 19.4 Å². The molecule has 0 aliphatic rings. The van der Waals surface area contributed by atoms with Crippen molar-refractivity contribution in [1.82, 2.24) is 0 Å². The second kappa shape index (κ2) is 6.98. The number of nitrogen functional groups attached to an aromatic ring is 2. The number of anilines is 2. The van der Waals surface area contributed by atoms with E-state index in [-0.39, 0.29) is 16.9 Å². The van der Waals surface area contributed by atoms with E-state index in [1.54, 1.807) is 12.1 Å². The molecule has 0 atom stereocenters. The number of hydrogen-bond acceptors (Lipinski definition) is 5. The lowest BCUT2D eigenvalue weighted by Gasteiger charge is -2.14. The molecule has 0 amide bonds. The van der Waals surface area contributed by atoms with Gasteiger partial charge in [0, 0.05) is 5.56 Å². The Bertz CT molecular complexity index is 967. The van der Waals surface area contributed by atoms with Crippen LogP contribution >= 0.6 is 0 Å². The van der Waals surface area contributed by atoms with Crippen LogP contribution in [0.5, 0.6) is 5.75 Å². The Kier molecular flexibility index (Phi) is 4.57. The molecule has 3 aromatic carbocycles. The third kappa shape index (κ3) is 3.34. The number of aromatic carboxylic acids is 1. The molecule has 130 valence electrons. The molecule has 5 N–H and O–H groups in total. The molecule has 0 radical (unpaired) electrons. The second-order valence-electron chi connectivity index (χ2n) is 5.58. The van der Waals surface area contributed by atoms with Crippen molar-refractivity contribution in [1.29, 1.82) is 0 Å². The Balaban J connectivity index is 1.96. The van der Waals surface area contributed by atoms with E-state index >= 15 is 0 Å².